The molecule has 7 atom stereocenters. The number of ether oxygens (including phenoxy) is 4. The van der Waals surface area contributed by atoms with Gasteiger partial charge in [-0.3, -0.25) is 0 Å². The van der Waals surface area contributed by atoms with E-state index in [1.54, 1.807) is 14.2 Å². The molecule has 0 saturated heterocycles. The summed E-state index contributed by atoms with van der Waals surface area (Å²) in [6.07, 6.45) is 0.507. The molecule has 1 rings (SSSR count). The minimum absolute atomic E-state index is 0.0470. The van der Waals surface area contributed by atoms with Crippen LogP contribution in [0.4, 0.5) is 0 Å². The van der Waals surface area contributed by atoms with Crippen molar-refractivity contribution >= 4 is 28.9 Å². The molecular formula is C37H66O8Si2. The highest BCUT2D eigenvalue weighted by Gasteiger charge is 2.48. The van der Waals surface area contributed by atoms with E-state index >= 15 is 0 Å². The van der Waals surface area contributed by atoms with Crippen LogP contribution >= 0.6 is 0 Å². The van der Waals surface area contributed by atoms with Crippen molar-refractivity contribution in [1.29, 1.82) is 0 Å². The molecule has 0 fully saturated rings. The maximum atomic E-state index is 13.4. The minimum Gasteiger partial charge on any atom is -0.497 e. The van der Waals surface area contributed by atoms with Crippen LogP contribution in [0.1, 0.15) is 74.8 Å². The molecule has 0 bridgehead atoms. The summed E-state index contributed by atoms with van der Waals surface area (Å²) in [6.45, 7) is 30.2. The Morgan fingerprint density at radius 1 is 0.787 bits per heavy atom. The Morgan fingerprint density at radius 2 is 1.28 bits per heavy atom. The van der Waals surface area contributed by atoms with E-state index in [0.29, 0.717) is 6.61 Å². The number of hydrogen-bond acceptors (Lipinski definition) is 8. The summed E-state index contributed by atoms with van der Waals surface area (Å²) in [5.74, 6) is -0.499. The quantitative estimate of drug-likeness (QED) is 0.0654. The zero-order valence-electron chi connectivity index (χ0n) is 32.5. The second-order valence-corrected chi connectivity index (χ2v) is 25.6. The molecule has 0 saturated carbocycles. The Morgan fingerprint density at radius 3 is 1.68 bits per heavy atom. The fourth-order valence-electron chi connectivity index (χ4n) is 5.19. The predicted molar refractivity (Wildman–Crippen MR) is 196 cm³/mol. The van der Waals surface area contributed by atoms with E-state index in [1.165, 1.54) is 7.11 Å². The van der Waals surface area contributed by atoms with E-state index in [9.17, 15) is 9.59 Å². The number of carbonyl (C=O) groups is 2. The Bertz CT molecular complexity index is 1150. The van der Waals surface area contributed by atoms with Gasteiger partial charge < -0.3 is 32.6 Å². The molecule has 0 aromatic heterocycles. The minimum atomic E-state index is -2.42. The average molecular weight is 695 g/mol. The highest BCUT2D eigenvalue weighted by Crippen LogP contribution is 2.42. The second-order valence-electron chi connectivity index (χ2n) is 16.1. The Kier molecular flexibility index (Phi) is 16.3. The van der Waals surface area contributed by atoms with Crippen molar-refractivity contribution in [3.8, 4) is 5.75 Å². The summed E-state index contributed by atoms with van der Waals surface area (Å²) in [4.78, 5) is 25.2. The molecule has 0 N–H and O–H groups in total. The second kappa shape index (κ2) is 17.7. The predicted octanol–water partition coefficient (Wildman–Crippen LogP) is 8.60. The van der Waals surface area contributed by atoms with Gasteiger partial charge >= 0.3 is 5.97 Å². The Balaban J connectivity index is 3.82. The van der Waals surface area contributed by atoms with E-state index in [2.05, 4.69) is 74.7 Å². The van der Waals surface area contributed by atoms with Crippen molar-refractivity contribution in [3.05, 3.63) is 41.5 Å². The molecule has 0 aliphatic heterocycles. The maximum Gasteiger partial charge on any atom is 0.336 e. The van der Waals surface area contributed by atoms with Crippen LogP contribution in [-0.2, 0) is 39.3 Å². The molecule has 8 nitrogen and oxygen atoms in total. The number of esters is 1. The summed E-state index contributed by atoms with van der Waals surface area (Å²) in [7, 11) is -0.0803. The molecule has 1 aromatic rings. The number of carbonyl (C=O) groups excluding carboxylic acids is 2. The van der Waals surface area contributed by atoms with Gasteiger partial charge in [-0.15, -0.1) is 0 Å². The van der Waals surface area contributed by atoms with Gasteiger partial charge in [-0.25, -0.2) is 4.79 Å². The molecule has 0 aliphatic rings. The van der Waals surface area contributed by atoms with E-state index < -0.39 is 40.9 Å². The highest BCUT2D eigenvalue weighted by atomic mass is 28.4. The topological polar surface area (TPSA) is 89.5 Å². The summed E-state index contributed by atoms with van der Waals surface area (Å²) in [6, 6.07) is 7.79. The zero-order valence-corrected chi connectivity index (χ0v) is 34.5. The molecule has 47 heavy (non-hydrogen) atoms. The first-order chi connectivity index (χ1) is 21.5. The lowest BCUT2D eigenvalue weighted by molar-refractivity contribution is -0.165. The van der Waals surface area contributed by atoms with E-state index in [0.717, 1.165) is 23.2 Å². The van der Waals surface area contributed by atoms with Crippen LogP contribution in [0.25, 0.3) is 0 Å². The molecule has 270 valence electrons. The van der Waals surface area contributed by atoms with Gasteiger partial charge in [0.1, 0.15) is 12.0 Å². The van der Waals surface area contributed by atoms with Gasteiger partial charge in [0.2, 0.25) is 0 Å². The normalized spacial score (nSPS) is 18.0. The monoisotopic (exact) mass is 694 g/mol. The van der Waals surface area contributed by atoms with Crippen molar-refractivity contribution in [2.24, 2.45) is 17.8 Å². The third kappa shape index (κ3) is 11.9. The standard InChI is InChI=1S/C37H66O8Si2/c1-25(23-38)22-26(2)31(44-46(14,15)36(5,6)7)27(3)32(43-24-29-18-20-30(40-11)21-19-29)28(4)33(41-12)34(35(39)42-13)45-47(16,17)37(8,9)10/h18-23,25,27-28,31-34H,24H2,1-17H3/b26-22+/t25-,27+,28+,31-,32-,33-,34+/m0/s1. The first-order valence-electron chi connectivity index (χ1n) is 16.8. The summed E-state index contributed by atoms with van der Waals surface area (Å²) < 4.78 is 37.6. The zero-order chi connectivity index (χ0) is 36.5. The SMILES string of the molecule is COC(=O)[C@H](O[Si](C)(C)C(C)(C)C)[C@@H](OC)[C@H](C)[C@@H](OCc1ccc(OC)cc1)[C@H](C)[C@@H](O[Si](C)(C)C(C)(C)C)/C(C)=C/[C@H](C)C=O. The number of hydrogen-bond donors (Lipinski definition) is 0. The highest BCUT2D eigenvalue weighted by molar-refractivity contribution is 6.74. The van der Waals surface area contributed by atoms with Gasteiger partial charge in [-0.2, -0.15) is 0 Å². The third-order valence-electron chi connectivity index (χ3n) is 10.3. The molecule has 1 aromatic carbocycles. The number of aldehydes is 1. The largest absolute Gasteiger partial charge is 0.497 e. The van der Waals surface area contributed by atoms with Crippen molar-refractivity contribution in [3.63, 3.8) is 0 Å². The van der Waals surface area contributed by atoms with Crippen LogP contribution in [0, 0.1) is 17.8 Å². The van der Waals surface area contributed by atoms with Crippen molar-refractivity contribution < 1.29 is 37.4 Å². The summed E-state index contributed by atoms with van der Waals surface area (Å²) >= 11 is 0. The number of benzene rings is 1. The van der Waals surface area contributed by atoms with Gasteiger partial charge in [-0.05, 0) is 66.5 Å². The average Bonchev–Trinajstić information content (AvgIpc) is 2.98. The summed E-state index contributed by atoms with van der Waals surface area (Å²) in [5, 5.41) is -0.188. The van der Waals surface area contributed by atoms with Crippen LogP contribution in [0.2, 0.25) is 36.3 Å². The fourth-order valence-corrected chi connectivity index (χ4v) is 7.80. The molecule has 0 radical (unpaired) electrons. The molecule has 0 unspecified atom stereocenters. The van der Waals surface area contributed by atoms with Gasteiger partial charge in [0.25, 0.3) is 0 Å². The molecule has 0 heterocycles. The van der Waals surface area contributed by atoms with Crippen LogP contribution < -0.4 is 4.74 Å². The van der Waals surface area contributed by atoms with Crippen molar-refractivity contribution in [1.82, 2.24) is 0 Å². The third-order valence-corrected chi connectivity index (χ3v) is 19.2. The maximum absolute atomic E-state index is 13.4. The smallest absolute Gasteiger partial charge is 0.336 e. The van der Waals surface area contributed by atoms with Gasteiger partial charge in [0.15, 0.2) is 22.7 Å². The van der Waals surface area contributed by atoms with Gasteiger partial charge in [0, 0.05) is 24.9 Å². The van der Waals surface area contributed by atoms with Gasteiger partial charge in [-0.1, -0.05) is 80.5 Å². The number of rotatable bonds is 18. The van der Waals surface area contributed by atoms with Crippen molar-refractivity contribution in [2.75, 3.05) is 21.3 Å². The molecule has 0 aliphatic carbocycles. The number of methoxy groups -OCH3 is 3. The number of allylic oxidation sites excluding steroid dienone is 1. The van der Waals surface area contributed by atoms with Crippen LogP contribution in [0.3, 0.4) is 0 Å². The molecular weight excluding hydrogens is 629 g/mol. The summed E-state index contributed by atoms with van der Waals surface area (Å²) in [5.41, 5.74) is 1.96. The molecule has 0 amide bonds. The van der Waals surface area contributed by atoms with Crippen LogP contribution in [0.5, 0.6) is 5.75 Å². The first-order valence-corrected chi connectivity index (χ1v) is 22.6. The fraction of sp³-hybridized carbons (Fsp3) is 0.730. The van der Waals surface area contributed by atoms with Crippen LogP contribution in [0.15, 0.2) is 35.9 Å². The van der Waals surface area contributed by atoms with E-state index in [4.69, 9.17) is 27.8 Å². The molecule has 10 heteroatoms. The van der Waals surface area contributed by atoms with E-state index in [-0.39, 0.29) is 33.9 Å². The van der Waals surface area contributed by atoms with Crippen molar-refractivity contribution in [2.45, 2.75) is 137 Å². The lowest BCUT2D eigenvalue weighted by Crippen LogP contribution is -2.55. The lowest BCUT2D eigenvalue weighted by atomic mass is 9.82. The Labute approximate surface area is 288 Å². The molecule has 0 spiro atoms. The van der Waals surface area contributed by atoms with E-state index in [1.807, 2.05) is 51.1 Å². The van der Waals surface area contributed by atoms with Gasteiger partial charge in [0.05, 0.1) is 39.1 Å². The Hall–Kier alpha value is -1.83. The first kappa shape index (κ1) is 43.2. The van der Waals surface area contributed by atoms with Crippen LogP contribution in [-0.4, -0.2) is 74.6 Å². The lowest BCUT2D eigenvalue weighted by Gasteiger charge is -2.45.